The number of carbonyl (C=O) groups is 1. The van der Waals surface area contributed by atoms with Crippen LogP contribution in [0.15, 0.2) is 16.7 Å². The lowest BCUT2D eigenvalue weighted by molar-refractivity contribution is -0.117. The van der Waals surface area contributed by atoms with Crippen molar-refractivity contribution in [1.29, 1.82) is 0 Å². The van der Waals surface area contributed by atoms with Gasteiger partial charge in [0.1, 0.15) is 5.82 Å². The van der Waals surface area contributed by atoms with E-state index < -0.39 is 0 Å². The van der Waals surface area contributed by atoms with Gasteiger partial charge in [-0.05, 0) is 34.8 Å². The number of hydrogen-bond donors (Lipinski definition) is 2. The zero-order valence-corrected chi connectivity index (χ0v) is 11.7. The van der Waals surface area contributed by atoms with Crippen LogP contribution in [0.4, 0.5) is 11.5 Å². The lowest BCUT2D eigenvalue weighted by Crippen LogP contribution is -2.41. The molecule has 1 aliphatic carbocycles. The van der Waals surface area contributed by atoms with Gasteiger partial charge in [-0.25, -0.2) is 4.98 Å². The Kier molecular flexibility index (Phi) is 3.01. The summed E-state index contributed by atoms with van der Waals surface area (Å²) in [5.41, 5.74) is 0.686. The van der Waals surface area contributed by atoms with E-state index in [4.69, 9.17) is 0 Å². The summed E-state index contributed by atoms with van der Waals surface area (Å²) < 4.78 is 0.878. The molecule has 4 nitrogen and oxygen atoms in total. The van der Waals surface area contributed by atoms with Gasteiger partial charge in [0.2, 0.25) is 5.91 Å². The van der Waals surface area contributed by atoms with Crippen LogP contribution in [0.5, 0.6) is 0 Å². The average molecular weight is 310 g/mol. The largest absolute Gasteiger partial charge is 0.362 e. The molecule has 0 bridgehead atoms. The van der Waals surface area contributed by atoms with Crippen molar-refractivity contribution in [2.24, 2.45) is 0 Å². The monoisotopic (exact) mass is 309 g/mol. The SMILES string of the molecule is O=C1CC2(CCCCC2)Nc2ncc(Br)cc2N1. The fourth-order valence-corrected chi connectivity index (χ4v) is 3.29. The predicted octanol–water partition coefficient (Wildman–Crippen LogP) is 3.30. The molecule has 1 fully saturated rings. The van der Waals surface area contributed by atoms with E-state index in [1.54, 1.807) is 6.20 Å². The topological polar surface area (TPSA) is 54.0 Å². The minimum absolute atomic E-state index is 0.0862. The van der Waals surface area contributed by atoms with Gasteiger partial charge in [-0.2, -0.15) is 0 Å². The van der Waals surface area contributed by atoms with E-state index in [1.807, 2.05) is 6.07 Å². The van der Waals surface area contributed by atoms with Gasteiger partial charge < -0.3 is 10.6 Å². The van der Waals surface area contributed by atoms with E-state index in [0.717, 1.165) is 28.8 Å². The van der Waals surface area contributed by atoms with Crippen molar-refractivity contribution in [3.63, 3.8) is 0 Å². The molecule has 2 N–H and O–H groups in total. The molecule has 5 heteroatoms. The molecule has 3 rings (SSSR count). The number of pyridine rings is 1. The summed E-state index contributed by atoms with van der Waals surface area (Å²) in [6.45, 7) is 0. The Morgan fingerprint density at radius 3 is 2.83 bits per heavy atom. The zero-order chi connectivity index (χ0) is 12.6. The van der Waals surface area contributed by atoms with Gasteiger partial charge in [-0.1, -0.05) is 19.3 Å². The Morgan fingerprint density at radius 2 is 2.06 bits per heavy atom. The zero-order valence-electron chi connectivity index (χ0n) is 10.1. The van der Waals surface area contributed by atoms with E-state index in [0.29, 0.717) is 6.42 Å². The van der Waals surface area contributed by atoms with Gasteiger partial charge in [-0.3, -0.25) is 4.79 Å². The maximum absolute atomic E-state index is 12.0. The second-order valence-electron chi connectivity index (χ2n) is 5.24. The summed E-state index contributed by atoms with van der Waals surface area (Å²) in [4.78, 5) is 16.4. The molecular weight excluding hydrogens is 294 g/mol. The highest BCUT2D eigenvalue weighted by atomic mass is 79.9. The van der Waals surface area contributed by atoms with Crippen LogP contribution < -0.4 is 10.6 Å². The van der Waals surface area contributed by atoms with Gasteiger partial charge in [0.05, 0.1) is 5.69 Å². The number of amides is 1. The Morgan fingerprint density at radius 1 is 1.28 bits per heavy atom. The molecule has 96 valence electrons. The van der Waals surface area contributed by atoms with Crippen LogP contribution in [-0.2, 0) is 4.79 Å². The first-order valence-electron chi connectivity index (χ1n) is 6.41. The fraction of sp³-hybridized carbons (Fsp3) is 0.538. The van der Waals surface area contributed by atoms with Crippen LogP contribution in [0, 0.1) is 0 Å². The third-order valence-electron chi connectivity index (χ3n) is 3.82. The quantitative estimate of drug-likeness (QED) is 0.773. The molecule has 1 saturated carbocycles. The third kappa shape index (κ3) is 2.23. The van der Waals surface area contributed by atoms with Crippen molar-refractivity contribution in [1.82, 2.24) is 4.98 Å². The van der Waals surface area contributed by atoms with Crippen LogP contribution in [0.1, 0.15) is 38.5 Å². The molecule has 18 heavy (non-hydrogen) atoms. The summed E-state index contributed by atoms with van der Waals surface area (Å²) in [5, 5.41) is 6.46. The predicted molar refractivity (Wildman–Crippen MR) is 74.6 cm³/mol. The van der Waals surface area contributed by atoms with Crippen molar-refractivity contribution in [3.05, 3.63) is 16.7 Å². The highest BCUT2D eigenvalue weighted by Gasteiger charge is 2.37. The number of halogens is 1. The van der Waals surface area contributed by atoms with Crippen LogP contribution in [-0.4, -0.2) is 16.4 Å². The van der Waals surface area contributed by atoms with Gasteiger partial charge in [-0.15, -0.1) is 0 Å². The maximum atomic E-state index is 12.0. The molecule has 1 aliphatic heterocycles. The van der Waals surface area contributed by atoms with Crippen molar-refractivity contribution >= 4 is 33.3 Å². The second-order valence-corrected chi connectivity index (χ2v) is 6.16. The molecule has 0 atom stereocenters. The van der Waals surface area contributed by atoms with Crippen molar-refractivity contribution < 1.29 is 4.79 Å². The minimum atomic E-state index is -0.0889. The number of anilines is 2. The highest BCUT2D eigenvalue weighted by Crippen LogP contribution is 2.38. The van der Waals surface area contributed by atoms with Gasteiger partial charge >= 0.3 is 0 Å². The normalized spacial score (nSPS) is 21.7. The van der Waals surface area contributed by atoms with E-state index in [9.17, 15) is 4.79 Å². The van der Waals surface area contributed by atoms with Crippen LogP contribution in [0.2, 0.25) is 0 Å². The molecule has 1 aromatic heterocycles. The van der Waals surface area contributed by atoms with E-state index >= 15 is 0 Å². The Bertz CT molecular complexity index is 483. The smallest absolute Gasteiger partial charge is 0.226 e. The van der Waals surface area contributed by atoms with Crippen molar-refractivity contribution in [3.8, 4) is 0 Å². The molecule has 1 amide bonds. The molecule has 0 saturated heterocycles. The average Bonchev–Trinajstić information content (AvgIpc) is 2.45. The van der Waals surface area contributed by atoms with E-state index in [2.05, 4.69) is 31.5 Å². The molecule has 1 spiro atoms. The Balaban J connectivity index is 1.97. The first-order chi connectivity index (χ1) is 8.67. The molecular formula is C13H16BrN3O. The number of fused-ring (bicyclic) bond motifs is 1. The van der Waals surface area contributed by atoms with Crippen LogP contribution in [0.25, 0.3) is 0 Å². The van der Waals surface area contributed by atoms with Crippen molar-refractivity contribution in [2.45, 2.75) is 44.1 Å². The van der Waals surface area contributed by atoms with E-state index in [-0.39, 0.29) is 11.4 Å². The molecule has 0 radical (unpaired) electrons. The summed E-state index contributed by atoms with van der Waals surface area (Å²) in [7, 11) is 0. The van der Waals surface area contributed by atoms with Gasteiger partial charge in [0, 0.05) is 22.6 Å². The third-order valence-corrected chi connectivity index (χ3v) is 4.26. The van der Waals surface area contributed by atoms with Crippen LogP contribution >= 0.6 is 15.9 Å². The number of rotatable bonds is 0. The fourth-order valence-electron chi connectivity index (χ4n) is 2.96. The molecule has 2 aliphatic rings. The number of carbonyl (C=O) groups excluding carboxylic acids is 1. The van der Waals surface area contributed by atoms with Gasteiger partial charge in [0.15, 0.2) is 0 Å². The first-order valence-corrected chi connectivity index (χ1v) is 7.20. The number of nitrogens with zero attached hydrogens (tertiary/aromatic N) is 1. The van der Waals surface area contributed by atoms with E-state index in [1.165, 1.54) is 19.3 Å². The summed E-state index contributed by atoms with van der Waals surface area (Å²) in [6.07, 6.45) is 8.06. The Labute approximate surface area is 115 Å². The summed E-state index contributed by atoms with van der Waals surface area (Å²) in [5.74, 6) is 0.883. The lowest BCUT2D eigenvalue weighted by atomic mass is 9.79. The lowest BCUT2D eigenvalue weighted by Gasteiger charge is -2.36. The molecule has 0 unspecified atom stereocenters. The Hall–Kier alpha value is -1.10. The maximum Gasteiger partial charge on any atom is 0.226 e. The number of hydrogen-bond acceptors (Lipinski definition) is 3. The first kappa shape index (κ1) is 12.0. The second kappa shape index (κ2) is 4.53. The van der Waals surface area contributed by atoms with Crippen molar-refractivity contribution in [2.75, 3.05) is 10.6 Å². The number of aromatic nitrogens is 1. The number of nitrogens with one attached hydrogen (secondary N) is 2. The molecule has 0 aromatic carbocycles. The summed E-state index contributed by atoms with van der Waals surface area (Å²) >= 11 is 3.38. The standard InChI is InChI=1S/C13H16BrN3O/c14-9-6-10-12(15-8-9)17-13(7-11(18)16-10)4-2-1-3-5-13/h6,8H,1-5,7H2,(H,15,17)(H,16,18). The van der Waals surface area contributed by atoms with Gasteiger partial charge in [0.25, 0.3) is 0 Å². The summed E-state index contributed by atoms with van der Waals surface area (Å²) in [6, 6.07) is 1.90. The minimum Gasteiger partial charge on any atom is -0.362 e. The molecule has 1 aromatic rings. The molecule has 2 heterocycles. The highest BCUT2D eigenvalue weighted by molar-refractivity contribution is 9.10. The van der Waals surface area contributed by atoms with Crippen LogP contribution in [0.3, 0.4) is 0 Å².